The third-order valence-corrected chi connectivity index (χ3v) is 4.27. The van der Waals surface area contributed by atoms with Crippen LogP contribution in [-0.2, 0) is 14.3 Å². The van der Waals surface area contributed by atoms with Gasteiger partial charge in [-0.25, -0.2) is 4.90 Å². The number of fused-ring (bicyclic) bond motifs is 5. The van der Waals surface area contributed by atoms with Crippen LogP contribution >= 0.6 is 0 Å². The van der Waals surface area contributed by atoms with Crippen LogP contribution in [0, 0.1) is 18.8 Å². The number of para-hydroxylation sites is 1. The van der Waals surface area contributed by atoms with Crippen LogP contribution in [0.3, 0.4) is 0 Å². The molecule has 0 N–H and O–H groups in total. The molecule has 2 amide bonds. The summed E-state index contributed by atoms with van der Waals surface area (Å²) in [6.07, 6.45) is 3.36. The Hall–Kier alpha value is -1.94. The molecule has 0 unspecified atom stereocenters. The predicted molar refractivity (Wildman–Crippen MR) is 68.5 cm³/mol. The van der Waals surface area contributed by atoms with E-state index in [9.17, 15) is 9.59 Å². The van der Waals surface area contributed by atoms with Gasteiger partial charge in [-0.05, 0) is 18.6 Å². The second kappa shape index (κ2) is 3.54. The molecule has 0 aromatic heterocycles. The number of hydrogen-bond donors (Lipinski definition) is 0. The van der Waals surface area contributed by atoms with Gasteiger partial charge in [0.2, 0.25) is 11.8 Å². The van der Waals surface area contributed by atoms with Crippen LogP contribution in [0.5, 0.6) is 0 Å². The summed E-state index contributed by atoms with van der Waals surface area (Å²) in [6.45, 7) is 1.91. The van der Waals surface area contributed by atoms with Crippen molar-refractivity contribution in [3.8, 4) is 0 Å². The highest BCUT2D eigenvalue weighted by atomic mass is 16.5. The van der Waals surface area contributed by atoms with Gasteiger partial charge in [-0.15, -0.1) is 0 Å². The van der Waals surface area contributed by atoms with Crippen molar-refractivity contribution < 1.29 is 14.3 Å². The molecule has 0 saturated carbocycles. The molecule has 0 spiro atoms. The minimum Gasteiger partial charge on any atom is -0.365 e. The van der Waals surface area contributed by atoms with Crippen LogP contribution in [0.4, 0.5) is 5.69 Å². The topological polar surface area (TPSA) is 46.6 Å². The Balaban J connectivity index is 1.79. The number of nitrogens with zero attached hydrogens (tertiary/aromatic N) is 1. The van der Waals surface area contributed by atoms with Gasteiger partial charge in [-0.3, -0.25) is 9.59 Å². The van der Waals surface area contributed by atoms with E-state index in [1.807, 2.05) is 43.3 Å². The van der Waals surface area contributed by atoms with Crippen LogP contribution < -0.4 is 4.90 Å². The zero-order chi connectivity index (χ0) is 13.1. The Kier molecular flexibility index (Phi) is 2.04. The van der Waals surface area contributed by atoms with E-state index in [1.165, 1.54) is 4.90 Å². The summed E-state index contributed by atoms with van der Waals surface area (Å²) >= 11 is 0. The van der Waals surface area contributed by atoms with Gasteiger partial charge >= 0.3 is 0 Å². The minimum absolute atomic E-state index is 0.124. The summed E-state index contributed by atoms with van der Waals surface area (Å²) < 4.78 is 5.62. The summed E-state index contributed by atoms with van der Waals surface area (Å²) in [5.74, 6) is -0.911. The summed E-state index contributed by atoms with van der Waals surface area (Å²) in [6, 6.07) is 7.48. The van der Waals surface area contributed by atoms with Crippen molar-refractivity contribution in [3.63, 3.8) is 0 Å². The lowest BCUT2D eigenvalue weighted by Crippen LogP contribution is -2.34. The fraction of sp³-hybridized carbons (Fsp3) is 0.333. The first-order valence-corrected chi connectivity index (χ1v) is 6.46. The monoisotopic (exact) mass is 255 g/mol. The van der Waals surface area contributed by atoms with Gasteiger partial charge in [0.15, 0.2) is 0 Å². The maximum atomic E-state index is 12.5. The van der Waals surface area contributed by atoms with Crippen molar-refractivity contribution in [2.75, 3.05) is 4.90 Å². The van der Waals surface area contributed by atoms with Crippen molar-refractivity contribution >= 4 is 17.5 Å². The molecule has 2 fully saturated rings. The molecule has 0 aliphatic carbocycles. The lowest BCUT2D eigenvalue weighted by atomic mass is 9.85. The standard InChI is InChI=1S/C15H13NO3/c1-8-4-2-3-5-9(8)16-14(17)12-10-6-7-11(19-10)13(12)15(16)18/h2-7,10-13H,1H3/t10-,11-,12-,13-/m1/s1. The quantitative estimate of drug-likeness (QED) is 0.563. The van der Waals surface area contributed by atoms with Gasteiger partial charge in [0.25, 0.3) is 0 Å². The molecular weight excluding hydrogens is 242 g/mol. The molecular formula is C15H13NO3. The van der Waals surface area contributed by atoms with E-state index in [-0.39, 0.29) is 35.9 Å². The smallest absolute Gasteiger partial charge is 0.240 e. The maximum absolute atomic E-state index is 12.5. The third-order valence-electron chi connectivity index (χ3n) is 4.27. The first-order valence-electron chi connectivity index (χ1n) is 6.46. The number of ether oxygens (including phenoxy) is 1. The Morgan fingerprint density at radius 2 is 1.58 bits per heavy atom. The lowest BCUT2D eigenvalue weighted by molar-refractivity contribution is -0.124. The Morgan fingerprint density at radius 3 is 2.16 bits per heavy atom. The van der Waals surface area contributed by atoms with Gasteiger partial charge in [0, 0.05) is 0 Å². The fourth-order valence-electron chi connectivity index (χ4n) is 3.36. The Bertz CT molecular complexity index is 592. The second-order valence-corrected chi connectivity index (χ2v) is 5.30. The van der Waals surface area contributed by atoms with Gasteiger partial charge in [-0.1, -0.05) is 30.4 Å². The Morgan fingerprint density at radius 1 is 1.00 bits per heavy atom. The van der Waals surface area contributed by atoms with E-state index >= 15 is 0 Å². The molecule has 4 nitrogen and oxygen atoms in total. The van der Waals surface area contributed by atoms with E-state index in [4.69, 9.17) is 4.74 Å². The second-order valence-electron chi connectivity index (χ2n) is 5.30. The number of aryl methyl sites for hydroxylation is 1. The van der Waals surface area contributed by atoms with Crippen molar-refractivity contribution in [1.29, 1.82) is 0 Å². The first kappa shape index (κ1) is 10.9. The molecule has 2 saturated heterocycles. The number of carbonyl (C=O) groups excluding carboxylic acids is 2. The third kappa shape index (κ3) is 1.27. The summed E-state index contributed by atoms with van der Waals surface area (Å²) in [5, 5.41) is 0. The SMILES string of the molecule is Cc1ccccc1N1C(=O)[C@H]2[C@H](C1=O)[C@H]1C=C[C@H]2O1. The van der Waals surface area contributed by atoms with Crippen LogP contribution in [0.15, 0.2) is 36.4 Å². The summed E-state index contributed by atoms with van der Waals surface area (Å²) in [7, 11) is 0. The molecule has 96 valence electrons. The van der Waals surface area contributed by atoms with Crippen LogP contribution in [-0.4, -0.2) is 24.0 Å². The van der Waals surface area contributed by atoms with E-state index < -0.39 is 0 Å². The minimum atomic E-state index is -0.331. The zero-order valence-corrected chi connectivity index (χ0v) is 10.4. The molecule has 3 aliphatic rings. The number of imide groups is 1. The lowest BCUT2D eigenvalue weighted by Gasteiger charge is -2.19. The Labute approximate surface area is 110 Å². The van der Waals surface area contributed by atoms with Crippen molar-refractivity contribution in [2.24, 2.45) is 11.8 Å². The van der Waals surface area contributed by atoms with Gasteiger partial charge in [-0.2, -0.15) is 0 Å². The van der Waals surface area contributed by atoms with Crippen molar-refractivity contribution in [2.45, 2.75) is 19.1 Å². The highest BCUT2D eigenvalue weighted by Gasteiger charge is 2.61. The molecule has 3 heterocycles. The van der Waals surface area contributed by atoms with Crippen LogP contribution in [0.2, 0.25) is 0 Å². The van der Waals surface area contributed by atoms with Crippen molar-refractivity contribution in [1.82, 2.24) is 0 Å². The van der Waals surface area contributed by atoms with Gasteiger partial charge in [0.05, 0.1) is 29.7 Å². The van der Waals surface area contributed by atoms with Gasteiger partial charge < -0.3 is 4.74 Å². The summed E-state index contributed by atoms with van der Waals surface area (Å²) in [5.41, 5.74) is 1.64. The largest absolute Gasteiger partial charge is 0.365 e. The average Bonchev–Trinajstić information content (AvgIpc) is 3.06. The van der Waals surface area contributed by atoms with E-state index in [0.29, 0.717) is 5.69 Å². The first-order chi connectivity index (χ1) is 9.18. The van der Waals surface area contributed by atoms with Crippen LogP contribution in [0.25, 0.3) is 0 Å². The number of amides is 2. The molecule has 19 heavy (non-hydrogen) atoms. The zero-order valence-electron chi connectivity index (χ0n) is 10.4. The van der Waals surface area contributed by atoms with Gasteiger partial charge in [0.1, 0.15) is 0 Å². The van der Waals surface area contributed by atoms with Crippen molar-refractivity contribution in [3.05, 3.63) is 42.0 Å². The molecule has 0 radical (unpaired) electrons. The molecule has 1 aromatic rings. The molecule has 4 heteroatoms. The van der Waals surface area contributed by atoms with E-state index in [0.717, 1.165) is 5.56 Å². The predicted octanol–water partition coefficient (Wildman–Crippen LogP) is 1.44. The molecule has 1 aromatic carbocycles. The number of hydrogen-bond acceptors (Lipinski definition) is 3. The number of carbonyl (C=O) groups is 2. The number of anilines is 1. The number of rotatable bonds is 1. The maximum Gasteiger partial charge on any atom is 0.240 e. The average molecular weight is 255 g/mol. The van der Waals surface area contributed by atoms with E-state index in [1.54, 1.807) is 0 Å². The normalized spacial score (nSPS) is 35.3. The van der Waals surface area contributed by atoms with Crippen LogP contribution in [0.1, 0.15) is 5.56 Å². The molecule has 3 aliphatic heterocycles. The number of benzene rings is 1. The molecule has 4 rings (SSSR count). The molecule has 2 bridgehead atoms. The van der Waals surface area contributed by atoms with E-state index in [2.05, 4.69) is 0 Å². The molecule has 4 atom stereocenters. The fourth-order valence-corrected chi connectivity index (χ4v) is 3.36. The highest BCUT2D eigenvalue weighted by Crippen LogP contribution is 2.46. The summed E-state index contributed by atoms with van der Waals surface area (Å²) in [4.78, 5) is 26.4. The highest BCUT2D eigenvalue weighted by molar-refractivity contribution is 6.23.